The largest absolute Gasteiger partial charge is 0.390 e. The normalized spacial score (nSPS) is 20.7. The van der Waals surface area contributed by atoms with Crippen LogP contribution in [0.15, 0.2) is 18.2 Å². The predicted octanol–water partition coefficient (Wildman–Crippen LogP) is 4.18. The molecule has 1 aromatic carbocycles. The second-order valence-electron chi connectivity index (χ2n) is 6.36. The summed E-state index contributed by atoms with van der Waals surface area (Å²) in [6.45, 7) is 6.29. The second-order valence-corrected chi connectivity index (χ2v) is 6.36. The maximum absolute atomic E-state index is 10.8. The van der Waals surface area contributed by atoms with E-state index in [-0.39, 0.29) is 0 Å². The lowest BCUT2D eigenvalue weighted by Crippen LogP contribution is -2.38. The first-order valence-corrected chi connectivity index (χ1v) is 7.27. The molecule has 1 saturated carbocycles. The summed E-state index contributed by atoms with van der Waals surface area (Å²) in [7, 11) is 0. The molecule has 1 atom stereocenters. The quantitative estimate of drug-likeness (QED) is 0.848. The van der Waals surface area contributed by atoms with Crippen molar-refractivity contribution in [2.75, 3.05) is 0 Å². The van der Waals surface area contributed by atoms with Gasteiger partial charge in [-0.1, -0.05) is 48.6 Å². The van der Waals surface area contributed by atoms with E-state index in [0.29, 0.717) is 5.92 Å². The van der Waals surface area contributed by atoms with E-state index >= 15 is 0 Å². The summed E-state index contributed by atoms with van der Waals surface area (Å²) in [5.41, 5.74) is 3.33. The van der Waals surface area contributed by atoms with Crippen molar-refractivity contribution < 1.29 is 5.11 Å². The zero-order valence-corrected chi connectivity index (χ0v) is 12.0. The molecule has 2 rings (SSSR count). The Morgan fingerprint density at radius 2 is 1.61 bits per heavy atom. The van der Waals surface area contributed by atoms with Gasteiger partial charge in [-0.2, -0.15) is 0 Å². The summed E-state index contributed by atoms with van der Waals surface area (Å²) < 4.78 is 0. The Kier molecular flexibility index (Phi) is 4.11. The molecule has 0 spiro atoms. The lowest BCUT2D eigenvalue weighted by atomic mass is 9.75. The van der Waals surface area contributed by atoms with Gasteiger partial charge in [0.25, 0.3) is 0 Å². The number of aliphatic hydroxyl groups is 1. The van der Waals surface area contributed by atoms with E-state index in [1.807, 2.05) is 6.92 Å². The lowest BCUT2D eigenvalue weighted by molar-refractivity contribution is -0.0159. The number of hydrogen-bond donors (Lipinski definition) is 1. The number of aryl methyl sites for hydroxylation is 2. The highest BCUT2D eigenvalue weighted by molar-refractivity contribution is 5.29. The van der Waals surface area contributed by atoms with Gasteiger partial charge in [0, 0.05) is 6.42 Å². The minimum absolute atomic E-state index is 0.479. The van der Waals surface area contributed by atoms with Crippen LogP contribution >= 0.6 is 0 Å². The number of rotatable bonds is 3. The van der Waals surface area contributed by atoms with Gasteiger partial charge in [0.2, 0.25) is 0 Å². The molecule has 1 aromatic rings. The van der Waals surface area contributed by atoms with Crippen LogP contribution in [0.3, 0.4) is 0 Å². The summed E-state index contributed by atoms with van der Waals surface area (Å²) >= 11 is 0. The van der Waals surface area contributed by atoms with Crippen molar-refractivity contribution in [1.29, 1.82) is 0 Å². The fraction of sp³-hybridized carbons (Fsp3) is 0.647. The Bertz CT molecular complexity index is 380. The highest BCUT2D eigenvalue weighted by Crippen LogP contribution is 2.34. The van der Waals surface area contributed by atoms with Crippen molar-refractivity contribution in [1.82, 2.24) is 0 Å². The van der Waals surface area contributed by atoms with Gasteiger partial charge in [-0.05, 0) is 45.1 Å². The second kappa shape index (κ2) is 5.44. The molecule has 0 heterocycles. The Labute approximate surface area is 111 Å². The fourth-order valence-electron chi connectivity index (χ4n) is 3.45. The number of benzene rings is 1. The van der Waals surface area contributed by atoms with Gasteiger partial charge in [0.05, 0.1) is 5.60 Å². The van der Waals surface area contributed by atoms with Gasteiger partial charge in [0.15, 0.2) is 0 Å². The molecule has 1 aliphatic rings. The maximum atomic E-state index is 10.8. The van der Waals surface area contributed by atoms with Gasteiger partial charge < -0.3 is 5.11 Å². The zero-order valence-electron chi connectivity index (χ0n) is 12.0. The Balaban J connectivity index is 2.10. The van der Waals surface area contributed by atoms with Gasteiger partial charge in [-0.15, -0.1) is 0 Å². The SMILES string of the molecule is Cc1cc(C)cc(CC(C)(O)C2CCCCC2)c1. The van der Waals surface area contributed by atoms with Crippen molar-refractivity contribution >= 4 is 0 Å². The molecule has 1 heteroatoms. The van der Waals surface area contributed by atoms with Crippen LogP contribution in [0.25, 0.3) is 0 Å². The fourth-order valence-corrected chi connectivity index (χ4v) is 3.45. The molecule has 1 aliphatic carbocycles. The van der Waals surface area contributed by atoms with Crippen LogP contribution in [-0.4, -0.2) is 10.7 Å². The van der Waals surface area contributed by atoms with Gasteiger partial charge in [-0.25, -0.2) is 0 Å². The molecular formula is C17H26O. The third kappa shape index (κ3) is 3.35. The van der Waals surface area contributed by atoms with E-state index in [1.165, 1.54) is 48.8 Å². The van der Waals surface area contributed by atoms with Gasteiger partial charge in [-0.3, -0.25) is 0 Å². The van der Waals surface area contributed by atoms with Gasteiger partial charge >= 0.3 is 0 Å². The maximum Gasteiger partial charge on any atom is 0.0687 e. The molecule has 1 nitrogen and oxygen atoms in total. The highest BCUT2D eigenvalue weighted by atomic mass is 16.3. The van der Waals surface area contributed by atoms with E-state index in [9.17, 15) is 5.11 Å². The average molecular weight is 246 g/mol. The molecule has 0 radical (unpaired) electrons. The van der Waals surface area contributed by atoms with E-state index in [0.717, 1.165) is 6.42 Å². The minimum Gasteiger partial charge on any atom is -0.390 e. The van der Waals surface area contributed by atoms with Crippen LogP contribution in [-0.2, 0) is 6.42 Å². The molecule has 100 valence electrons. The van der Waals surface area contributed by atoms with Crippen LogP contribution in [0.5, 0.6) is 0 Å². The third-order valence-corrected chi connectivity index (χ3v) is 4.33. The number of hydrogen-bond acceptors (Lipinski definition) is 1. The summed E-state index contributed by atoms with van der Waals surface area (Å²) in [4.78, 5) is 0. The highest BCUT2D eigenvalue weighted by Gasteiger charge is 2.32. The zero-order chi connectivity index (χ0) is 13.2. The van der Waals surface area contributed by atoms with E-state index in [4.69, 9.17) is 0 Å². The topological polar surface area (TPSA) is 20.2 Å². The first-order chi connectivity index (χ1) is 8.47. The van der Waals surface area contributed by atoms with E-state index in [2.05, 4.69) is 32.0 Å². The minimum atomic E-state index is -0.541. The van der Waals surface area contributed by atoms with E-state index in [1.54, 1.807) is 0 Å². The molecular weight excluding hydrogens is 220 g/mol. The molecule has 0 aliphatic heterocycles. The molecule has 0 aromatic heterocycles. The molecule has 1 fully saturated rings. The first-order valence-electron chi connectivity index (χ1n) is 7.27. The van der Waals surface area contributed by atoms with Crippen molar-refractivity contribution in [3.05, 3.63) is 34.9 Å². The van der Waals surface area contributed by atoms with Crippen LogP contribution in [0, 0.1) is 19.8 Å². The van der Waals surface area contributed by atoms with Crippen LogP contribution in [0.4, 0.5) is 0 Å². The summed E-state index contributed by atoms with van der Waals surface area (Å²) in [5.74, 6) is 0.479. The standard InChI is InChI=1S/C17H26O/c1-13-9-14(2)11-15(10-13)12-17(3,18)16-7-5-4-6-8-16/h9-11,16,18H,4-8,12H2,1-3H3. The molecule has 18 heavy (non-hydrogen) atoms. The monoisotopic (exact) mass is 246 g/mol. The van der Waals surface area contributed by atoms with Crippen molar-refractivity contribution in [3.63, 3.8) is 0 Å². The third-order valence-electron chi connectivity index (χ3n) is 4.33. The van der Waals surface area contributed by atoms with E-state index < -0.39 is 5.60 Å². The molecule has 0 amide bonds. The Hall–Kier alpha value is -0.820. The lowest BCUT2D eigenvalue weighted by Gasteiger charge is -2.36. The molecule has 0 bridgehead atoms. The summed E-state index contributed by atoms with van der Waals surface area (Å²) in [5, 5.41) is 10.8. The van der Waals surface area contributed by atoms with Crippen LogP contribution < -0.4 is 0 Å². The van der Waals surface area contributed by atoms with Crippen molar-refractivity contribution in [2.24, 2.45) is 5.92 Å². The first kappa shape index (κ1) is 13.6. The Morgan fingerprint density at radius 1 is 1.06 bits per heavy atom. The molecule has 0 saturated heterocycles. The predicted molar refractivity (Wildman–Crippen MR) is 76.8 cm³/mol. The molecule has 1 N–H and O–H groups in total. The Morgan fingerprint density at radius 3 is 2.17 bits per heavy atom. The summed E-state index contributed by atoms with van der Waals surface area (Å²) in [6.07, 6.45) is 7.09. The van der Waals surface area contributed by atoms with Crippen molar-refractivity contribution in [2.45, 2.75) is 64.9 Å². The van der Waals surface area contributed by atoms with Crippen LogP contribution in [0.2, 0.25) is 0 Å². The summed E-state index contributed by atoms with van der Waals surface area (Å²) in [6, 6.07) is 6.62. The van der Waals surface area contributed by atoms with Crippen molar-refractivity contribution in [3.8, 4) is 0 Å². The smallest absolute Gasteiger partial charge is 0.0687 e. The average Bonchev–Trinajstić information content (AvgIpc) is 2.28. The van der Waals surface area contributed by atoms with Gasteiger partial charge in [0.1, 0.15) is 0 Å². The molecule has 1 unspecified atom stereocenters. The van der Waals surface area contributed by atoms with Crippen LogP contribution in [0.1, 0.15) is 55.7 Å².